The molecule has 0 aliphatic carbocycles. The van der Waals surface area contributed by atoms with Crippen LogP contribution in [0.5, 0.6) is 5.75 Å². The number of rotatable bonds is 9. The van der Waals surface area contributed by atoms with Crippen LogP contribution in [0.15, 0.2) is 47.6 Å². The number of fused-ring (bicyclic) bond motifs is 1. The molecule has 1 unspecified atom stereocenters. The van der Waals surface area contributed by atoms with Crippen LogP contribution in [-0.4, -0.2) is 84.5 Å². The summed E-state index contributed by atoms with van der Waals surface area (Å²) in [5.74, 6) is 1.21. The number of anilines is 1. The van der Waals surface area contributed by atoms with E-state index < -0.39 is 9.84 Å². The summed E-state index contributed by atoms with van der Waals surface area (Å²) in [6, 6.07) is 11.8. The molecule has 2 aliphatic heterocycles. The number of hydrogen-bond acceptors (Lipinski definition) is 10. The van der Waals surface area contributed by atoms with Gasteiger partial charge < -0.3 is 24.4 Å². The predicted octanol–water partition coefficient (Wildman–Crippen LogP) is 2.49. The number of aromatic amines is 1. The predicted molar refractivity (Wildman–Crippen MR) is 142 cm³/mol. The maximum Gasteiger partial charge on any atom is 0.152 e. The van der Waals surface area contributed by atoms with Crippen molar-refractivity contribution in [1.29, 1.82) is 0 Å². The summed E-state index contributed by atoms with van der Waals surface area (Å²) in [7, 11) is -2.86. The highest BCUT2D eigenvalue weighted by Crippen LogP contribution is 2.39. The number of pyridine rings is 1. The molecule has 2 saturated heterocycles. The Morgan fingerprint density at radius 3 is 2.89 bits per heavy atom. The van der Waals surface area contributed by atoms with Crippen molar-refractivity contribution >= 4 is 50.1 Å². The summed E-state index contributed by atoms with van der Waals surface area (Å²) in [5.41, 5.74) is 2.94. The van der Waals surface area contributed by atoms with Crippen molar-refractivity contribution in [3.63, 3.8) is 0 Å². The molecule has 4 heterocycles. The average molecular weight is 536 g/mol. The number of aliphatic hydroxyl groups excluding tert-OH is 1. The van der Waals surface area contributed by atoms with Crippen LogP contribution in [0.2, 0.25) is 0 Å². The van der Waals surface area contributed by atoms with E-state index >= 15 is 0 Å². The van der Waals surface area contributed by atoms with E-state index in [9.17, 15) is 13.5 Å². The molecule has 0 radical (unpaired) electrons. The quantitative estimate of drug-likeness (QED) is 0.304. The Kier molecular flexibility index (Phi) is 7.75. The Morgan fingerprint density at radius 1 is 1.26 bits per heavy atom. The Morgan fingerprint density at radius 2 is 2.11 bits per heavy atom. The van der Waals surface area contributed by atoms with Gasteiger partial charge in [0.2, 0.25) is 0 Å². The fourth-order valence-electron chi connectivity index (χ4n) is 4.26. The van der Waals surface area contributed by atoms with E-state index in [2.05, 4.69) is 31.0 Å². The van der Waals surface area contributed by atoms with E-state index in [0.29, 0.717) is 24.1 Å². The first-order valence-corrected chi connectivity index (χ1v) is 15.1. The van der Waals surface area contributed by atoms with Gasteiger partial charge in [0.15, 0.2) is 9.84 Å². The summed E-state index contributed by atoms with van der Waals surface area (Å²) < 4.78 is 32.5. The van der Waals surface area contributed by atoms with Crippen LogP contribution in [0.3, 0.4) is 0 Å². The lowest BCUT2D eigenvalue weighted by molar-refractivity contribution is 0.201. The lowest BCUT2D eigenvalue weighted by Crippen LogP contribution is -2.43. The van der Waals surface area contributed by atoms with E-state index in [4.69, 9.17) is 4.74 Å². The molecular formula is C23H29N5O4S3. The van der Waals surface area contributed by atoms with Crippen LogP contribution in [0.4, 0.5) is 5.69 Å². The first kappa shape index (κ1) is 24.7. The topological polar surface area (TPSA) is 120 Å². The summed E-state index contributed by atoms with van der Waals surface area (Å²) in [4.78, 5) is 10.2. The zero-order chi connectivity index (χ0) is 24.3. The summed E-state index contributed by atoms with van der Waals surface area (Å²) >= 11 is 3.30. The molecule has 0 bridgehead atoms. The molecule has 9 nitrogen and oxygen atoms in total. The molecule has 188 valence electrons. The molecular weight excluding hydrogens is 506 g/mol. The van der Waals surface area contributed by atoms with Crippen molar-refractivity contribution < 1.29 is 18.3 Å². The molecule has 12 heteroatoms. The maximum absolute atomic E-state index is 11.7. The number of nitrogens with one attached hydrogen (secondary N) is 3. The lowest BCUT2D eigenvalue weighted by Gasteiger charge is -2.28. The first-order valence-electron chi connectivity index (χ1n) is 11.5. The van der Waals surface area contributed by atoms with Crippen LogP contribution in [0.1, 0.15) is 11.1 Å². The third kappa shape index (κ3) is 6.25. The Labute approximate surface area is 213 Å². The highest BCUT2D eigenvalue weighted by molar-refractivity contribution is 8.00. The summed E-state index contributed by atoms with van der Waals surface area (Å²) in [6.45, 7) is 3.19. The van der Waals surface area contributed by atoms with Gasteiger partial charge >= 0.3 is 0 Å². The minimum atomic E-state index is -2.86. The molecule has 0 spiro atoms. The number of nitrogens with zero attached hydrogens (tertiary/aromatic N) is 2. The van der Waals surface area contributed by atoms with E-state index in [0.717, 1.165) is 40.4 Å². The van der Waals surface area contributed by atoms with Gasteiger partial charge in [-0.05, 0) is 24.3 Å². The number of sulfone groups is 1. The molecule has 0 amide bonds. The number of aromatic nitrogens is 2. The van der Waals surface area contributed by atoms with E-state index in [-0.39, 0.29) is 30.1 Å². The average Bonchev–Trinajstić information content (AvgIpc) is 3.50. The highest BCUT2D eigenvalue weighted by atomic mass is 32.2. The van der Waals surface area contributed by atoms with E-state index in [1.54, 1.807) is 6.20 Å². The largest absolute Gasteiger partial charge is 0.491 e. The number of H-pyrrole nitrogens is 1. The molecule has 2 atom stereocenters. The number of ether oxygens (including phenoxy) is 1. The fourth-order valence-corrected chi connectivity index (χ4v) is 7.51. The number of benzene rings is 1. The molecule has 0 saturated carbocycles. The maximum atomic E-state index is 11.7. The highest BCUT2D eigenvalue weighted by Gasteiger charge is 2.30. The van der Waals surface area contributed by atoms with Gasteiger partial charge in [-0.2, -0.15) is 0 Å². The van der Waals surface area contributed by atoms with Crippen LogP contribution in [0, 0.1) is 0 Å². The molecule has 1 aromatic carbocycles. The van der Waals surface area contributed by atoms with Gasteiger partial charge in [-0.25, -0.2) is 13.4 Å². The Balaban J connectivity index is 1.30. The van der Waals surface area contributed by atoms with Crippen molar-refractivity contribution in [2.75, 3.05) is 55.6 Å². The minimum absolute atomic E-state index is 0.0468. The monoisotopic (exact) mass is 535 g/mol. The second-order valence-corrected chi connectivity index (χ2v) is 13.1. The molecule has 2 fully saturated rings. The third-order valence-corrected chi connectivity index (χ3v) is 9.80. The smallest absolute Gasteiger partial charge is 0.152 e. The second-order valence-electron chi connectivity index (χ2n) is 8.60. The molecule has 3 aromatic rings. The molecule has 2 aromatic heterocycles. The van der Waals surface area contributed by atoms with Gasteiger partial charge in [0.05, 0.1) is 34.7 Å². The SMILES string of the molecule is O=S1(=O)CCN(CC2CN[C@@H](c3cc4cc(OCCO)cc(NSc5ccccn5)c4[nH]3)S2)CC1. The van der Waals surface area contributed by atoms with Gasteiger partial charge in [-0.15, -0.1) is 11.8 Å². The van der Waals surface area contributed by atoms with Gasteiger partial charge in [-0.1, -0.05) is 6.07 Å². The minimum Gasteiger partial charge on any atom is -0.491 e. The number of hydrogen-bond donors (Lipinski definition) is 4. The van der Waals surface area contributed by atoms with Gasteiger partial charge in [0.25, 0.3) is 0 Å². The van der Waals surface area contributed by atoms with E-state index in [1.807, 2.05) is 42.1 Å². The van der Waals surface area contributed by atoms with Crippen LogP contribution < -0.4 is 14.8 Å². The fraction of sp³-hybridized carbons (Fsp3) is 0.435. The Hall–Kier alpha value is -1.96. The van der Waals surface area contributed by atoms with Crippen molar-refractivity contribution in [1.82, 2.24) is 20.2 Å². The summed E-state index contributed by atoms with van der Waals surface area (Å²) in [6.07, 6.45) is 1.76. The standard InChI is InChI=1S/C23H29N5O4S3/c29-7-8-32-17-11-16-12-20(26-22(16)19(13-17)27-34-21-3-1-2-4-24-21)23-25-14-18(33-23)15-28-5-9-35(30,31)10-6-28/h1-4,11-13,18,23,25-27,29H,5-10,14-15H2/t18?,23-/m1/s1. The van der Waals surface area contributed by atoms with Crippen molar-refractivity contribution in [3.8, 4) is 5.75 Å². The molecule has 2 aliphatic rings. The lowest BCUT2D eigenvalue weighted by atomic mass is 10.2. The van der Waals surface area contributed by atoms with Gasteiger partial charge in [-0.3, -0.25) is 5.32 Å². The van der Waals surface area contributed by atoms with Crippen LogP contribution in [-0.2, 0) is 9.84 Å². The number of thioether (sulfide) groups is 1. The normalized spacial score (nSPS) is 22.4. The van der Waals surface area contributed by atoms with Crippen molar-refractivity contribution in [2.24, 2.45) is 0 Å². The van der Waals surface area contributed by atoms with Crippen LogP contribution in [0.25, 0.3) is 10.9 Å². The first-order chi connectivity index (χ1) is 17.0. The second kappa shape index (κ2) is 11.0. The van der Waals surface area contributed by atoms with Gasteiger partial charge in [0.1, 0.15) is 17.4 Å². The van der Waals surface area contributed by atoms with Crippen LogP contribution >= 0.6 is 23.7 Å². The molecule has 35 heavy (non-hydrogen) atoms. The zero-order valence-corrected chi connectivity index (χ0v) is 21.6. The van der Waals surface area contributed by atoms with Crippen molar-refractivity contribution in [3.05, 3.63) is 48.3 Å². The molecule has 5 rings (SSSR count). The third-order valence-electron chi connectivity index (χ3n) is 6.03. The van der Waals surface area contributed by atoms with Gasteiger partial charge in [0, 0.05) is 66.7 Å². The summed E-state index contributed by atoms with van der Waals surface area (Å²) in [5, 5.41) is 15.2. The zero-order valence-electron chi connectivity index (χ0n) is 19.1. The van der Waals surface area contributed by atoms with Crippen molar-refractivity contribution in [2.45, 2.75) is 15.6 Å². The molecule has 4 N–H and O–H groups in total. The number of aliphatic hydroxyl groups is 1. The Bertz CT molecular complexity index is 1240. The van der Waals surface area contributed by atoms with E-state index in [1.165, 1.54) is 11.9 Å².